The molecule has 0 saturated heterocycles. The van der Waals surface area contributed by atoms with Crippen LogP contribution in [0.2, 0.25) is 0 Å². The van der Waals surface area contributed by atoms with Crippen LogP contribution >= 0.6 is 11.8 Å². The number of thioether (sulfide) groups is 1. The molecule has 0 spiro atoms. The Labute approximate surface area is 126 Å². The Morgan fingerprint density at radius 3 is 2.60 bits per heavy atom. The van der Waals surface area contributed by atoms with E-state index in [4.69, 9.17) is 4.74 Å². The van der Waals surface area contributed by atoms with Crippen LogP contribution in [0, 0.1) is 5.92 Å². The third-order valence-electron chi connectivity index (χ3n) is 4.08. The summed E-state index contributed by atoms with van der Waals surface area (Å²) in [6, 6.07) is 10.4. The molecule has 3 unspecified atom stereocenters. The molecule has 2 nitrogen and oxygen atoms in total. The minimum absolute atomic E-state index is 0.142. The van der Waals surface area contributed by atoms with Gasteiger partial charge in [0, 0.05) is 15.6 Å². The molecule has 0 radical (unpaired) electrons. The van der Waals surface area contributed by atoms with Crippen LogP contribution in [0.1, 0.15) is 32.6 Å². The van der Waals surface area contributed by atoms with Crippen molar-refractivity contribution >= 4 is 11.8 Å². The van der Waals surface area contributed by atoms with Crippen molar-refractivity contribution in [3.8, 4) is 0 Å². The number of hydrogen-bond acceptors (Lipinski definition) is 3. The Bertz CT molecular complexity index is 432. The van der Waals surface area contributed by atoms with Crippen molar-refractivity contribution in [3.05, 3.63) is 42.7 Å². The van der Waals surface area contributed by atoms with E-state index in [-0.39, 0.29) is 16.8 Å². The summed E-state index contributed by atoms with van der Waals surface area (Å²) in [4.78, 5) is 1.23. The zero-order valence-electron chi connectivity index (χ0n) is 12.3. The number of aliphatic hydroxyl groups excluding tert-OH is 1. The molecule has 1 aliphatic carbocycles. The van der Waals surface area contributed by atoms with Crippen LogP contribution < -0.4 is 0 Å². The Hall–Kier alpha value is -0.930. The zero-order chi connectivity index (χ0) is 14.4. The first-order valence-electron chi connectivity index (χ1n) is 7.28. The van der Waals surface area contributed by atoms with Gasteiger partial charge in [-0.15, -0.1) is 11.8 Å². The summed E-state index contributed by atoms with van der Waals surface area (Å²) in [6.07, 6.45) is 7.96. The van der Waals surface area contributed by atoms with Gasteiger partial charge in [-0.1, -0.05) is 31.0 Å². The SMILES string of the molecule is COC=CC(C)(Sc1ccccc1)C1CCCCC1O. The highest BCUT2D eigenvalue weighted by Gasteiger charge is 2.39. The first kappa shape index (κ1) is 15.5. The molecule has 2 rings (SSSR count). The average Bonchev–Trinajstić information content (AvgIpc) is 2.46. The van der Waals surface area contributed by atoms with Crippen molar-refractivity contribution in [2.24, 2.45) is 5.92 Å². The molecule has 0 aliphatic heterocycles. The van der Waals surface area contributed by atoms with Crippen molar-refractivity contribution in [2.75, 3.05) is 7.11 Å². The lowest BCUT2D eigenvalue weighted by atomic mass is 9.78. The second-order valence-corrected chi connectivity index (χ2v) is 7.15. The first-order chi connectivity index (χ1) is 9.65. The summed E-state index contributed by atoms with van der Waals surface area (Å²) in [5.74, 6) is 0.271. The van der Waals surface area contributed by atoms with E-state index >= 15 is 0 Å². The fourth-order valence-electron chi connectivity index (χ4n) is 2.96. The minimum atomic E-state index is -0.216. The molecule has 3 atom stereocenters. The molecule has 110 valence electrons. The predicted molar refractivity (Wildman–Crippen MR) is 84.8 cm³/mol. The standard InChI is InChI=1S/C17H24O2S/c1-17(12-13-19-2,15-10-6-7-11-16(15)18)20-14-8-4-3-5-9-14/h3-5,8-9,12-13,15-16,18H,6-7,10-11H2,1-2H3. The molecule has 1 aliphatic rings. The molecular formula is C17H24O2S. The van der Waals surface area contributed by atoms with Gasteiger partial charge < -0.3 is 9.84 Å². The fourth-order valence-corrected chi connectivity index (χ4v) is 4.31. The molecule has 1 N–H and O–H groups in total. The van der Waals surface area contributed by atoms with E-state index in [1.807, 2.05) is 17.8 Å². The van der Waals surface area contributed by atoms with Crippen molar-refractivity contribution in [1.29, 1.82) is 0 Å². The van der Waals surface area contributed by atoms with E-state index in [0.717, 1.165) is 19.3 Å². The van der Waals surface area contributed by atoms with Gasteiger partial charge in [0.2, 0.25) is 0 Å². The minimum Gasteiger partial charge on any atom is -0.505 e. The van der Waals surface area contributed by atoms with Crippen LogP contribution in [-0.2, 0) is 4.74 Å². The van der Waals surface area contributed by atoms with Gasteiger partial charge in [0.15, 0.2) is 0 Å². The topological polar surface area (TPSA) is 29.5 Å². The van der Waals surface area contributed by atoms with Crippen LogP contribution in [0.4, 0.5) is 0 Å². The number of aliphatic hydroxyl groups is 1. The Balaban J connectivity index is 2.22. The monoisotopic (exact) mass is 292 g/mol. The van der Waals surface area contributed by atoms with Gasteiger partial charge in [0.25, 0.3) is 0 Å². The van der Waals surface area contributed by atoms with E-state index in [1.165, 1.54) is 11.3 Å². The lowest BCUT2D eigenvalue weighted by Gasteiger charge is -2.40. The molecule has 0 heterocycles. The van der Waals surface area contributed by atoms with Crippen LogP contribution in [0.25, 0.3) is 0 Å². The molecule has 1 saturated carbocycles. The predicted octanol–water partition coefficient (Wildman–Crippen LogP) is 4.25. The third-order valence-corrected chi connectivity index (χ3v) is 5.47. The highest BCUT2D eigenvalue weighted by atomic mass is 32.2. The van der Waals surface area contributed by atoms with Crippen molar-refractivity contribution in [3.63, 3.8) is 0 Å². The third kappa shape index (κ3) is 3.80. The maximum atomic E-state index is 10.4. The summed E-state index contributed by atoms with van der Waals surface area (Å²) >= 11 is 1.81. The van der Waals surface area contributed by atoms with Gasteiger partial charge in [-0.25, -0.2) is 0 Å². The summed E-state index contributed by atoms with van der Waals surface area (Å²) in [7, 11) is 1.67. The Morgan fingerprint density at radius 2 is 1.95 bits per heavy atom. The van der Waals surface area contributed by atoms with Gasteiger partial charge in [-0.2, -0.15) is 0 Å². The molecule has 0 bridgehead atoms. The maximum Gasteiger partial charge on any atom is 0.0798 e. The van der Waals surface area contributed by atoms with Crippen molar-refractivity contribution in [1.82, 2.24) is 0 Å². The second-order valence-electron chi connectivity index (χ2n) is 5.60. The smallest absolute Gasteiger partial charge is 0.0798 e. The Kier molecular flexibility index (Phi) is 5.55. The van der Waals surface area contributed by atoms with Crippen LogP contribution in [0.5, 0.6) is 0 Å². The van der Waals surface area contributed by atoms with E-state index in [9.17, 15) is 5.11 Å². The molecule has 3 heteroatoms. The molecule has 0 amide bonds. The quantitative estimate of drug-likeness (QED) is 0.650. The van der Waals surface area contributed by atoms with E-state index in [2.05, 4.69) is 37.3 Å². The highest BCUT2D eigenvalue weighted by Crippen LogP contribution is 2.45. The maximum absolute atomic E-state index is 10.4. The van der Waals surface area contributed by atoms with E-state index in [1.54, 1.807) is 13.4 Å². The summed E-state index contributed by atoms with van der Waals surface area (Å²) < 4.78 is 4.98. The van der Waals surface area contributed by atoms with Crippen LogP contribution in [0.3, 0.4) is 0 Å². The molecular weight excluding hydrogens is 268 g/mol. The van der Waals surface area contributed by atoms with Gasteiger partial charge in [0.1, 0.15) is 0 Å². The van der Waals surface area contributed by atoms with Gasteiger partial charge >= 0.3 is 0 Å². The molecule has 1 fully saturated rings. The highest BCUT2D eigenvalue weighted by molar-refractivity contribution is 8.00. The zero-order valence-corrected chi connectivity index (χ0v) is 13.1. The largest absolute Gasteiger partial charge is 0.505 e. The lowest BCUT2D eigenvalue weighted by Crippen LogP contribution is -2.40. The van der Waals surface area contributed by atoms with Gasteiger partial charge in [0.05, 0.1) is 19.5 Å². The summed E-state index contributed by atoms with van der Waals surface area (Å²) in [5.41, 5.74) is 0. The lowest BCUT2D eigenvalue weighted by molar-refractivity contribution is 0.0591. The first-order valence-corrected chi connectivity index (χ1v) is 8.10. The van der Waals surface area contributed by atoms with Crippen molar-refractivity contribution < 1.29 is 9.84 Å². The average molecular weight is 292 g/mol. The molecule has 1 aromatic carbocycles. The molecule has 1 aromatic rings. The molecule has 0 aromatic heterocycles. The number of hydrogen-bond donors (Lipinski definition) is 1. The Morgan fingerprint density at radius 1 is 1.25 bits per heavy atom. The van der Waals surface area contributed by atoms with Crippen molar-refractivity contribution in [2.45, 2.75) is 48.4 Å². The van der Waals surface area contributed by atoms with Gasteiger partial charge in [-0.3, -0.25) is 0 Å². The summed E-state index contributed by atoms with van der Waals surface area (Å²) in [6.45, 7) is 2.21. The van der Waals surface area contributed by atoms with E-state index < -0.39 is 0 Å². The van der Waals surface area contributed by atoms with Crippen LogP contribution in [0.15, 0.2) is 47.6 Å². The normalized spacial score (nSPS) is 26.4. The number of methoxy groups -OCH3 is 1. The number of rotatable bonds is 5. The summed E-state index contributed by atoms with van der Waals surface area (Å²) in [5, 5.41) is 10.4. The van der Waals surface area contributed by atoms with Gasteiger partial charge in [-0.05, 0) is 38.0 Å². The second kappa shape index (κ2) is 7.19. The number of ether oxygens (including phenoxy) is 1. The number of benzene rings is 1. The van der Waals surface area contributed by atoms with Crippen LogP contribution in [-0.4, -0.2) is 23.1 Å². The fraction of sp³-hybridized carbons (Fsp3) is 0.529. The molecule has 20 heavy (non-hydrogen) atoms. The van der Waals surface area contributed by atoms with E-state index in [0.29, 0.717) is 0 Å².